The molecular weight excluding hydrogens is 234 g/mol. The Kier molecular flexibility index (Phi) is 6.68. The lowest BCUT2D eigenvalue weighted by atomic mass is 10.2. The van der Waals surface area contributed by atoms with Crippen LogP contribution in [-0.4, -0.2) is 42.3 Å². The Morgan fingerprint density at radius 2 is 1.89 bits per heavy atom. The fraction of sp³-hybridized carbons (Fsp3) is 0.833. The summed E-state index contributed by atoms with van der Waals surface area (Å²) in [6, 6.07) is -0.469. The van der Waals surface area contributed by atoms with Gasteiger partial charge in [0.2, 0.25) is 0 Å². The fourth-order valence-corrected chi connectivity index (χ4v) is 1.11. The third-order valence-electron chi connectivity index (χ3n) is 1.87. The number of amides is 3. The van der Waals surface area contributed by atoms with Crippen molar-refractivity contribution in [1.82, 2.24) is 10.2 Å². The van der Waals surface area contributed by atoms with Crippen molar-refractivity contribution >= 4 is 12.1 Å². The Morgan fingerprint density at radius 1 is 1.33 bits per heavy atom. The maximum absolute atomic E-state index is 11.8. The van der Waals surface area contributed by atoms with Gasteiger partial charge < -0.3 is 15.8 Å². The molecule has 0 fully saturated rings. The van der Waals surface area contributed by atoms with Crippen LogP contribution in [0.3, 0.4) is 0 Å². The van der Waals surface area contributed by atoms with E-state index in [2.05, 4.69) is 5.32 Å². The highest BCUT2D eigenvalue weighted by atomic mass is 16.6. The Hall–Kier alpha value is -1.30. The first kappa shape index (κ1) is 16.7. The molecule has 0 aliphatic carbocycles. The number of imide groups is 1. The van der Waals surface area contributed by atoms with E-state index in [1.165, 1.54) is 0 Å². The smallest absolute Gasteiger partial charge is 0.418 e. The first-order chi connectivity index (χ1) is 8.17. The largest absolute Gasteiger partial charge is 0.443 e. The zero-order valence-electron chi connectivity index (χ0n) is 11.9. The predicted molar refractivity (Wildman–Crippen MR) is 70.2 cm³/mol. The van der Waals surface area contributed by atoms with E-state index in [4.69, 9.17) is 10.5 Å². The molecule has 3 amide bonds. The molecule has 0 atom stereocenters. The lowest BCUT2D eigenvalue weighted by Crippen LogP contribution is -2.48. The third-order valence-corrected chi connectivity index (χ3v) is 1.87. The summed E-state index contributed by atoms with van der Waals surface area (Å²) in [6.07, 6.45) is -0.672. The minimum Gasteiger partial charge on any atom is -0.443 e. The minimum atomic E-state index is -0.672. The van der Waals surface area contributed by atoms with Crippen molar-refractivity contribution in [3.8, 4) is 0 Å². The molecule has 0 aliphatic rings. The summed E-state index contributed by atoms with van der Waals surface area (Å²) in [5, 5.41) is 2.66. The van der Waals surface area contributed by atoms with Crippen LogP contribution < -0.4 is 11.1 Å². The SMILES string of the molecule is CC(C)CNC(=O)N(CCN)C(=O)OC(C)(C)C. The molecule has 0 aliphatic heterocycles. The number of carbonyl (C=O) groups excluding carboxylic acids is 2. The molecule has 0 aromatic carbocycles. The zero-order chi connectivity index (χ0) is 14.3. The second kappa shape index (κ2) is 7.20. The number of ether oxygens (including phenoxy) is 1. The summed E-state index contributed by atoms with van der Waals surface area (Å²) in [6.45, 7) is 10.0. The summed E-state index contributed by atoms with van der Waals surface area (Å²) >= 11 is 0. The van der Waals surface area contributed by atoms with E-state index in [1.807, 2.05) is 13.8 Å². The van der Waals surface area contributed by atoms with E-state index in [-0.39, 0.29) is 13.1 Å². The standard InChI is InChI=1S/C12H25N3O3/c1-9(2)8-14-10(16)15(7-6-13)11(17)18-12(3,4)5/h9H,6-8,13H2,1-5H3,(H,14,16). The Balaban J connectivity index is 4.54. The van der Waals surface area contributed by atoms with Crippen LogP contribution in [0.2, 0.25) is 0 Å². The molecule has 6 nitrogen and oxygen atoms in total. The van der Waals surface area contributed by atoms with E-state index in [1.54, 1.807) is 20.8 Å². The van der Waals surface area contributed by atoms with Crippen molar-refractivity contribution in [2.24, 2.45) is 11.7 Å². The lowest BCUT2D eigenvalue weighted by molar-refractivity contribution is 0.0325. The van der Waals surface area contributed by atoms with Crippen molar-refractivity contribution in [2.75, 3.05) is 19.6 Å². The average molecular weight is 259 g/mol. The minimum absolute atomic E-state index is 0.138. The third kappa shape index (κ3) is 7.11. The molecule has 0 unspecified atom stereocenters. The predicted octanol–water partition coefficient (Wildman–Crippen LogP) is 1.55. The van der Waals surface area contributed by atoms with Gasteiger partial charge in [-0.25, -0.2) is 14.5 Å². The highest BCUT2D eigenvalue weighted by Crippen LogP contribution is 2.09. The molecule has 18 heavy (non-hydrogen) atoms. The monoisotopic (exact) mass is 259 g/mol. The molecule has 0 radical (unpaired) electrons. The van der Waals surface area contributed by atoms with Crippen LogP contribution in [0, 0.1) is 5.92 Å². The molecule has 0 spiro atoms. The fourth-order valence-electron chi connectivity index (χ4n) is 1.11. The van der Waals surface area contributed by atoms with Gasteiger partial charge in [0.25, 0.3) is 0 Å². The van der Waals surface area contributed by atoms with E-state index in [0.29, 0.717) is 12.5 Å². The molecule has 0 rings (SSSR count). The van der Waals surface area contributed by atoms with Crippen LogP contribution in [0.25, 0.3) is 0 Å². The van der Waals surface area contributed by atoms with Crippen LogP contribution >= 0.6 is 0 Å². The molecule has 6 heteroatoms. The summed E-state index contributed by atoms with van der Waals surface area (Å²) in [4.78, 5) is 24.6. The average Bonchev–Trinajstić information content (AvgIpc) is 2.19. The van der Waals surface area contributed by atoms with Crippen LogP contribution in [0.4, 0.5) is 9.59 Å². The number of hydrogen-bond acceptors (Lipinski definition) is 4. The number of carbonyl (C=O) groups is 2. The van der Waals surface area contributed by atoms with Gasteiger partial charge in [0.05, 0.1) is 0 Å². The number of nitrogens with two attached hydrogens (primary N) is 1. The molecule has 0 heterocycles. The summed E-state index contributed by atoms with van der Waals surface area (Å²) in [5.74, 6) is 0.312. The van der Waals surface area contributed by atoms with E-state index < -0.39 is 17.7 Å². The number of rotatable bonds is 4. The van der Waals surface area contributed by atoms with Gasteiger partial charge >= 0.3 is 12.1 Å². The van der Waals surface area contributed by atoms with Gasteiger partial charge in [-0.15, -0.1) is 0 Å². The number of hydrogen-bond donors (Lipinski definition) is 2. The molecule has 3 N–H and O–H groups in total. The summed E-state index contributed by atoms with van der Waals surface area (Å²) < 4.78 is 5.15. The Labute approximate surface area is 109 Å². The zero-order valence-corrected chi connectivity index (χ0v) is 11.9. The molecule has 0 aromatic heterocycles. The molecule has 0 aromatic rings. The van der Waals surface area contributed by atoms with Gasteiger partial charge in [0, 0.05) is 19.6 Å². The first-order valence-electron chi connectivity index (χ1n) is 6.15. The quantitative estimate of drug-likeness (QED) is 0.802. The van der Waals surface area contributed by atoms with E-state index in [0.717, 1.165) is 4.90 Å². The molecule has 0 saturated carbocycles. The van der Waals surface area contributed by atoms with Gasteiger partial charge in [-0.3, -0.25) is 0 Å². The van der Waals surface area contributed by atoms with Crippen molar-refractivity contribution in [3.63, 3.8) is 0 Å². The summed E-state index contributed by atoms with van der Waals surface area (Å²) in [7, 11) is 0. The lowest BCUT2D eigenvalue weighted by Gasteiger charge is -2.26. The van der Waals surface area contributed by atoms with Gasteiger partial charge in [-0.2, -0.15) is 0 Å². The van der Waals surface area contributed by atoms with Gasteiger partial charge in [-0.1, -0.05) is 13.8 Å². The number of nitrogens with one attached hydrogen (secondary N) is 1. The number of nitrogens with zero attached hydrogens (tertiary/aromatic N) is 1. The topological polar surface area (TPSA) is 84.7 Å². The van der Waals surface area contributed by atoms with Crippen LogP contribution in [0.5, 0.6) is 0 Å². The highest BCUT2D eigenvalue weighted by molar-refractivity contribution is 5.91. The molecule has 0 saturated heterocycles. The van der Waals surface area contributed by atoms with Crippen molar-refractivity contribution in [3.05, 3.63) is 0 Å². The Bertz CT molecular complexity index is 285. The molecule has 0 bridgehead atoms. The highest BCUT2D eigenvalue weighted by Gasteiger charge is 2.26. The van der Waals surface area contributed by atoms with Crippen molar-refractivity contribution in [2.45, 2.75) is 40.2 Å². The van der Waals surface area contributed by atoms with Crippen LogP contribution in [-0.2, 0) is 4.74 Å². The first-order valence-corrected chi connectivity index (χ1v) is 6.15. The maximum atomic E-state index is 11.8. The van der Waals surface area contributed by atoms with E-state index >= 15 is 0 Å². The Morgan fingerprint density at radius 3 is 2.28 bits per heavy atom. The van der Waals surface area contributed by atoms with Gasteiger partial charge in [-0.05, 0) is 26.7 Å². The van der Waals surface area contributed by atoms with Gasteiger partial charge in [0.15, 0.2) is 0 Å². The van der Waals surface area contributed by atoms with E-state index in [9.17, 15) is 9.59 Å². The normalized spacial score (nSPS) is 11.3. The second-order valence-corrected chi connectivity index (χ2v) is 5.50. The number of urea groups is 1. The maximum Gasteiger partial charge on any atom is 0.418 e. The molecular formula is C12H25N3O3. The summed E-state index contributed by atoms with van der Waals surface area (Å²) in [5.41, 5.74) is 4.76. The van der Waals surface area contributed by atoms with Crippen LogP contribution in [0.1, 0.15) is 34.6 Å². The van der Waals surface area contributed by atoms with Gasteiger partial charge in [0.1, 0.15) is 5.60 Å². The van der Waals surface area contributed by atoms with Crippen LogP contribution in [0.15, 0.2) is 0 Å². The van der Waals surface area contributed by atoms with Crippen molar-refractivity contribution < 1.29 is 14.3 Å². The molecule has 106 valence electrons. The van der Waals surface area contributed by atoms with Crippen molar-refractivity contribution in [1.29, 1.82) is 0 Å². The second-order valence-electron chi connectivity index (χ2n) is 5.50.